The second-order valence-corrected chi connectivity index (χ2v) is 4.85. The number of aliphatic carboxylic acids is 1. The number of carbonyl (C=O) groups excluding carboxylic acids is 1. The van der Waals surface area contributed by atoms with Crippen LogP contribution in [0.25, 0.3) is 0 Å². The standard InChI is InChI=1S/C14H17NO5/c1-15(8-9-4-2-3-5-10(9)16)13(17)11-6-7-12(20-11)14(18)19/h2-5,11-12,16H,6-8H2,1H3,(H,18,19). The van der Waals surface area contributed by atoms with Gasteiger partial charge in [0.05, 0.1) is 0 Å². The summed E-state index contributed by atoms with van der Waals surface area (Å²) in [6.45, 7) is 0.253. The maximum absolute atomic E-state index is 12.2. The number of hydrogen-bond donors (Lipinski definition) is 2. The van der Waals surface area contributed by atoms with Crippen molar-refractivity contribution in [3.05, 3.63) is 29.8 Å². The summed E-state index contributed by atoms with van der Waals surface area (Å²) in [5.41, 5.74) is 0.635. The van der Waals surface area contributed by atoms with Crippen molar-refractivity contribution in [2.45, 2.75) is 31.6 Å². The van der Waals surface area contributed by atoms with E-state index in [9.17, 15) is 14.7 Å². The molecule has 6 nitrogen and oxygen atoms in total. The zero-order valence-electron chi connectivity index (χ0n) is 11.2. The number of likely N-dealkylation sites (N-methyl/N-ethyl adjacent to an activating group) is 1. The molecule has 0 aliphatic carbocycles. The molecule has 0 spiro atoms. The Morgan fingerprint density at radius 2 is 1.95 bits per heavy atom. The number of phenols is 1. The van der Waals surface area contributed by atoms with Gasteiger partial charge in [0, 0.05) is 19.2 Å². The van der Waals surface area contributed by atoms with Crippen LogP contribution in [0.4, 0.5) is 0 Å². The van der Waals surface area contributed by atoms with Crippen LogP contribution in [0.3, 0.4) is 0 Å². The fourth-order valence-electron chi connectivity index (χ4n) is 2.22. The van der Waals surface area contributed by atoms with E-state index in [1.165, 1.54) is 4.90 Å². The molecule has 6 heteroatoms. The summed E-state index contributed by atoms with van der Waals surface area (Å²) in [4.78, 5) is 24.4. The van der Waals surface area contributed by atoms with Gasteiger partial charge in [0.15, 0.2) is 6.10 Å². The molecule has 2 atom stereocenters. The molecular formula is C14H17NO5. The molecule has 0 aromatic heterocycles. The topological polar surface area (TPSA) is 87.1 Å². The highest BCUT2D eigenvalue weighted by Crippen LogP contribution is 2.23. The summed E-state index contributed by atoms with van der Waals surface area (Å²) in [5.74, 6) is -1.18. The number of hydrogen-bond acceptors (Lipinski definition) is 4. The van der Waals surface area contributed by atoms with Gasteiger partial charge in [-0.15, -0.1) is 0 Å². The van der Waals surface area contributed by atoms with Crippen LogP contribution in [-0.4, -0.2) is 46.2 Å². The number of carboxylic acids is 1. The van der Waals surface area contributed by atoms with E-state index in [0.717, 1.165) is 0 Å². The highest BCUT2D eigenvalue weighted by atomic mass is 16.5. The SMILES string of the molecule is CN(Cc1ccccc1O)C(=O)C1CCC(C(=O)O)O1. The van der Waals surface area contributed by atoms with Crippen LogP contribution in [0.2, 0.25) is 0 Å². The number of aromatic hydroxyl groups is 1. The van der Waals surface area contributed by atoms with Gasteiger partial charge in [0.2, 0.25) is 0 Å². The predicted octanol–water partition coefficient (Wildman–Crippen LogP) is 0.983. The lowest BCUT2D eigenvalue weighted by Crippen LogP contribution is -2.36. The summed E-state index contributed by atoms with van der Waals surface area (Å²) in [5, 5.41) is 18.5. The number of phenolic OH excluding ortho intramolecular Hbond substituents is 1. The van der Waals surface area contributed by atoms with Crippen molar-refractivity contribution < 1.29 is 24.5 Å². The average molecular weight is 279 g/mol. The van der Waals surface area contributed by atoms with E-state index in [1.54, 1.807) is 31.3 Å². The molecule has 1 heterocycles. The zero-order chi connectivity index (χ0) is 14.7. The van der Waals surface area contributed by atoms with Crippen LogP contribution >= 0.6 is 0 Å². The fraction of sp³-hybridized carbons (Fsp3) is 0.429. The van der Waals surface area contributed by atoms with E-state index in [4.69, 9.17) is 9.84 Å². The van der Waals surface area contributed by atoms with Crippen LogP contribution in [0, 0.1) is 0 Å². The number of nitrogens with zero attached hydrogens (tertiary/aromatic N) is 1. The molecule has 1 aromatic carbocycles. The number of carboxylic acid groups (broad SMARTS) is 1. The molecule has 2 rings (SSSR count). The van der Waals surface area contributed by atoms with Crippen molar-refractivity contribution in [3.8, 4) is 5.75 Å². The molecule has 0 radical (unpaired) electrons. The molecule has 1 aliphatic heterocycles. The van der Waals surface area contributed by atoms with Crippen LogP contribution in [0.5, 0.6) is 5.75 Å². The molecule has 20 heavy (non-hydrogen) atoms. The third-order valence-corrected chi connectivity index (χ3v) is 3.35. The first-order valence-corrected chi connectivity index (χ1v) is 6.39. The normalized spacial score (nSPS) is 21.6. The number of rotatable bonds is 4. The molecule has 1 aliphatic rings. The van der Waals surface area contributed by atoms with Crippen molar-refractivity contribution >= 4 is 11.9 Å². The summed E-state index contributed by atoms with van der Waals surface area (Å²) < 4.78 is 5.22. The van der Waals surface area contributed by atoms with Crippen molar-refractivity contribution in [1.82, 2.24) is 4.90 Å². The minimum atomic E-state index is -1.04. The van der Waals surface area contributed by atoms with Gasteiger partial charge in [-0.05, 0) is 18.9 Å². The van der Waals surface area contributed by atoms with E-state index in [-0.39, 0.29) is 18.2 Å². The molecule has 1 saturated heterocycles. The third-order valence-electron chi connectivity index (χ3n) is 3.35. The first-order valence-electron chi connectivity index (χ1n) is 6.39. The lowest BCUT2D eigenvalue weighted by Gasteiger charge is -2.21. The van der Waals surface area contributed by atoms with Gasteiger partial charge < -0.3 is 19.8 Å². The Bertz CT molecular complexity index is 516. The van der Waals surface area contributed by atoms with Crippen LogP contribution < -0.4 is 0 Å². The largest absolute Gasteiger partial charge is 0.508 e. The number of ether oxygens (including phenoxy) is 1. The Hall–Kier alpha value is -2.08. The van der Waals surface area contributed by atoms with Gasteiger partial charge >= 0.3 is 5.97 Å². The monoisotopic (exact) mass is 279 g/mol. The average Bonchev–Trinajstić information content (AvgIpc) is 2.90. The van der Waals surface area contributed by atoms with E-state index < -0.39 is 18.2 Å². The van der Waals surface area contributed by atoms with Crippen molar-refractivity contribution in [2.24, 2.45) is 0 Å². The van der Waals surface area contributed by atoms with E-state index in [0.29, 0.717) is 18.4 Å². The summed E-state index contributed by atoms with van der Waals surface area (Å²) >= 11 is 0. The maximum atomic E-state index is 12.2. The van der Waals surface area contributed by atoms with E-state index in [2.05, 4.69) is 0 Å². The fourth-order valence-corrected chi connectivity index (χ4v) is 2.22. The molecular weight excluding hydrogens is 262 g/mol. The quantitative estimate of drug-likeness (QED) is 0.858. The van der Waals surface area contributed by atoms with E-state index in [1.807, 2.05) is 0 Å². The minimum absolute atomic E-state index is 0.128. The maximum Gasteiger partial charge on any atom is 0.332 e. The third kappa shape index (κ3) is 3.08. The molecule has 1 fully saturated rings. The molecule has 2 N–H and O–H groups in total. The van der Waals surface area contributed by atoms with Crippen LogP contribution in [0.1, 0.15) is 18.4 Å². The lowest BCUT2D eigenvalue weighted by atomic mass is 10.1. The summed E-state index contributed by atoms with van der Waals surface area (Å²) in [6, 6.07) is 6.77. The molecule has 108 valence electrons. The van der Waals surface area contributed by atoms with Crippen molar-refractivity contribution in [1.29, 1.82) is 0 Å². The zero-order valence-corrected chi connectivity index (χ0v) is 11.2. The van der Waals surface area contributed by atoms with Gasteiger partial charge in [0.1, 0.15) is 11.9 Å². The second-order valence-electron chi connectivity index (χ2n) is 4.85. The van der Waals surface area contributed by atoms with Crippen molar-refractivity contribution in [3.63, 3.8) is 0 Å². The molecule has 0 bridgehead atoms. The van der Waals surface area contributed by atoms with Gasteiger partial charge in [-0.2, -0.15) is 0 Å². The second kappa shape index (κ2) is 5.92. The summed E-state index contributed by atoms with van der Waals surface area (Å²) in [7, 11) is 1.60. The Kier molecular flexibility index (Phi) is 4.24. The Morgan fingerprint density at radius 3 is 2.55 bits per heavy atom. The molecule has 1 aromatic rings. The smallest absolute Gasteiger partial charge is 0.332 e. The Morgan fingerprint density at radius 1 is 1.30 bits per heavy atom. The Labute approximate surface area is 116 Å². The van der Waals surface area contributed by atoms with Gasteiger partial charge in [-0.3, -0.25) is 4.79 Å². The number of benzene rings is 1. The molecule has 1 amide bonds. The van der Waals surface area contributed by atoms with E-state index >= 15 is 0 Å². The highest BCUT2D eigenvalue weighted by molar-refractivity contribution is 5.82. The first-order chi connectivity index (χ1) is 9.49. The lowest BCUT2D eigenvalue weighted by molar-refractivity contribution is -0.154. The minimum Gasteiger partial charge on any atom is -0.508 e. The Balaban J connectivity index is 1.96. The van der Waals surface area contributed by atoms with Gasteiger partial charge in [-0.1, -0.05) is 18.2 Å². The summed E-state index contributed by atoms with van der Waals surface area (Å²) in [6.07, 6.45) is -0.869. The van der Waals surface area contributed by atoms with Crippen LogP contribution in [0.15, 0.2) is 24.3 Å². The number of para-hydroxylation sites is 1. The van der Waals surface area contributed by atoms with Crippen molar-refractivity contribution in [2.75, 3.05) is 7.05 Å². The first kappa shape index (κ1) is 14.3. The molecule has 2 unspecified atom stereocenters. The number of amides is 1. The number of carbonyl (C=O) groups is 2. The molecule has 0 saturated carbocycles. The van der Waals surface area contributed by atoms with Gasteiger partial charge in [-0.25, -0.2) is 4.79 Å². The van der Waals surface area contributed by atoms with Crippen LogP contribution in [-0.2, 0) is 20.9 Å². The predicted molar refractivity (Wildman–Crippen MR) is 70.1 cm³/mol. The highest BCUT2D eigenvalue weighted by Gasteiger charge is 2.36. The van der Waals surface area contributed by atoms with Gasteiger partial charge in [0.25, 0.3) is 5.91 Å².